The van der Waals surface area contributed by atoms with E-state index in [1.807, 2.05) is 12.1 Å². The zero-order chi connectivity index (χ0) is 14.1. The van der Waals surface area contributed by atoms with Crippen molar-refractivity contribution in [1.82, 2.24) is 10.2 Å². The number of halogens is 2. The van der Waals surface area contributed by atoms with Gasteiger partial charge in [-0.05, 0) is 49.9 Å². The third kappa shape index (κ3) is 3.22. The van der Waals surface area contributed by atoms with Gasteiger partial charge in [-0.1, -0.05) is 40.5 Å². The highest BCUT2D eigenvalue weighted by atomic mass is 79.9. The fourth-order valence-electron chi connectivity index (χ4n) is 3.69. The van der Waals surface area contributed by atoms with E-state index in [0.29, 0.717) is 0 Å². The van der Waals surface area contributed by atoms with E-state index in [0.717, 1.165) is 40.7 Å². The Kier molecular flexibility index (Phi) is 4.71. The van der Waals surface area contributed by atoms with E-state index in [4.69, 9.17) is 11.6 Å². The van der Waals surface area contributed by atoms with Crippen LogP contribution in [0.4, 0.5) is 0 Å². The zero-order valence-electron chi connectivity index (χ0n) is 11.9. The predicted octanol–water partition coefficient (Wildman–Crippen LogP) is 4.21. The summed E-state index contributed by atoms with van der Waals surface area (Å²) in [4.78, 5) is 2.63. The molecule has 0 aliphatic carbocycles. The summed E-state index contributed by atoms with van der Waals surface area (Å²) in [5.41, 5.74) is 1.34. The number of piperidine rings is 1. The van der Waals surface area contributed by atoms with E-state index >= 15 is 0 Å². The summed E-state index contributed by atoms with van der Waals surface area (Å²) in [6.07, 6.45) is 5.33. The Hall–Kier alpha value is -0.0900. The van der Waals surface area contributed by atoms with Gasteiger partial charge in [-0.25, -0.2) is 0 Å². The van der Waals surface area contributed by atoms with Crippen LogP contribution in [0.3, 0.4) is 0 Å². The maximum Gasteiger partial charge on any atom is 0.0417 e. The van der Waals surface area contributed by atoms with Gasteiger partial charge in [-0.2, -0.15) is 0 Å². The van der Waals surface area contributed by atoms with Gasteiger partial charge in [0.05, 0.1) is 0 Å². The Morgan fingerprint density at radius 2 is 2.00 bits per heavy atom. The van der Waals surface area contributed by atoms with Gasteiger partial charge in [0, 0.05) is 34.2 Å². The van der Waals surface area contributed by atoms with Crippen LogP contribution in [0.1, 0.15) is 38.2 Å². The van der Waals surface area contributed by atoms with E-state index in [1.54, 1.807) is 0 Å². The lowest BCUT2D eigenvalue weighted by atomic mass is 9.97. The molecule has 1 N–H and O–H groups in total. The highest BCUT2D eigenvalue weighted by Crippen LogP contribution is 2.31. The number of nitrogens with one attached hydrogen (secondary N) is 1. The van der Waals surface area contributed by atoms with Crippen LogP contribution in [0.25, 0.3) is 0 Å². The molecule has 2 aliphatic rings. The second-order valence-electron chi connectivity index (χ2n) is 6.06. The van der Waals surface area contributed by atoms with Crippen molar-refractivity contribution in [3.63, 3.8) is 0 Å². The molecule has 3 rings (SSSR count). The summed E-state index contributed by atoms with van der Waals surface area (Å²) in [5, 5.41) is 4.52. The third-order valence-corrected chi connectivity index (χ3v) is 5.73. The lowest BCUT2D eigenvalue weighted by Gasteiger charge is -2.37. The van der Waals surface area contributed by atoms with E-state index in [9.17, 15) is 0 Å². The molecule has 1 aromatic carbocycles. The van der Waals surface area contributed by atoms with Crippen LogP contribution < -0.4 is 5.32 Å². The molecule has 2 nitrogen and oxygen atoms in total. The van der Waals surface area contributed by atoms with E-state index in [1.165, 1.54) is 31.2 Å². The summed E-state index contributed by atoms with van der Waals surface area (Å²) >= 11 is 9.67. The summed E-state index contributed by atoms with van der Waals surface area (Å²) in [6.45, 7) is 4.39. The number of hydrogen-bond acceptors (Lipinski definition) is 2. The normalized spacial score (nSPS) is 29.1. The number of hydrogen-bond donors (Lipinski definition) is 1. The molecular formula is C16H22BrClN2. The van der Waals surface area contributed by atoms with Gasteiger partial charge < -0.3 is 5.32 Å². The molecule has 2 fully saturated rings. The van der Waals surface area contributed by atoms with Crippen molar-refractivity contribution in [1.29, 1.82) is 0 Å². The van der Waals surface area contributed by atoms with Crippen molar-refractivity contribution in [2.75, 3.05) is 6.54 Å². The Bertz CT molecular complexity index is 468. The van der Waals surface area contributed by atoms with Gasteiger partial charge in [0.25, 0.3) is 0 Å². The SMILES string of the molecule is CCN(Cc1ccc(Cl)cc1Br)C1CC2CCC(C1)N2. The number of fused-ring (bicyclic) bond motifs is 2. The second kappa shape index (κ2) is 6.35. The second-order valence-corrected chi connectivity index (χ2v) is 7.35. The van der Waals surface area contributed by atoms with Gasteiger partial charge in [-0.3, -0.25) is 4.90 Å². The van der Waals surface area contributed by atoms with Gasteiger partial charge >= 0.3 is 0 Å². The first-order valence-corrected chi connectivity index (χ1v) is 8.77. The smallest absolute Gasteiger partial charge is 0.0417 e. The van der Waals surface area contributed by atoms with Crippen molar-refractivity contribution in [2.24, 2.45) is 0 Å². The lowest BCUT2D eigenvalue weighted by molar-refractivity contribution is 0.140. The lowest BCUT2D eigenvalue weighted by Crippen LogP contribution is -2.47. The Balaban J connectivity index is 1.70. The Morgan fingerprint density at radius 1 is 1.30 bits per heavy atom. The van der Waals surface area contributed by atoms with E-state index in [-0.39, 0.29) is 0 Å². The van der Waals surface area contributed by atoms with Gasteiger partial charge in [0.1, 0.15) is 0 Å². The minimum Gasteiger partial charge on any atom is -0.311 e. The molecule has 2 bridgehead atoms. The zero-order valence-corrected chi connectivity index (χ0v) is 14.3. The van der Waals surface area contributed by atoms with Crippen LogP contribution >= 0.6 is 27.5 Å². The molecule has 2 saturated heterocycles. The number of nitrogens with zero attached hydrogens (tertiary/aromatic N) is 1. The first-order chi connectivity index (χ1) is 9.65. The van der Waals surface area contributed by atoms with Crippen LogP contribution in [0, 0.1) is 0 Å². The van der Waals surface area contributed by atoms with Crippen LogP contribution in [-0.2, 0) is 6.54 Å². The average molecular weight is 358 g/mol. The van der Waals surface area contributed by atoms with E-state index < -0.39 is 0 Å². The molecule has 0 saturated carbocycles. The minimum atomic E-state index is 0.723. The first-order valence-electron chi connectivity index (χ1n) is 7.59. The van der Waals surface area contributed by atoms with Crippen molar-refractivity contribution in [3.8, 4) is 0 Å². The molecule has 0 amide bonds. The van der Waals surface area contributed by atoms with Crippen LogP contribution in [0.15, 0.2) is 22.7 Å². The van der Waals surface area contributed by atoms with Crippen molar-refractivity contribution >= 4 is 27.5 Å². The number of benzene rings is 1. The maximum atomic E-state index is 6.03. The number of rotatable bonds is 4. The summed E-state index contributed by atoms with van der Waals surface area (Å²) in [6, 6.07) is 8.35. The minimum absolute atomic E-state index is 0.723. The standard InChI is InChI=1S/C16H22BrClN2/c1-2-20(10-11-3-4-12(18)7-16(11)17)15-8-13-5-6-14(9-15)19-13/h3-4,7,13-15,19H,2,5-6,8-10H2,1H3. The van der Waals surface area contributed by atoms with Gasteiger partial charge in [0.2, 0.25) is 0 Å². The monoisotopic (exact) mass is 356 g/mol. The molecule has 0 radical (unpaired) electrons. The molecule has 0 aromatic heterocycles. The molecular weight excluding hydrogens is 336 g/mol. The summed E-state index contributed by atoms with van der Waals surface area (Å²) in [7, 11) is 0. The third-order valence-electron chi connectivity index (χ3n) is 4.76. The van der Waals surface area contributed by atoms with Crippen LogP contribution in [-0.4, -0.2) is 29.6 Å². The van der Waals surface area contributed by atoms with E-state index in [2.05, 4.69) is 39.1 Å². The van der Waals surface area contributed by atoms with Gasteiger partial charge in [-0.15, -0.1) is 0 Å². The van der Waals surface area contributed by atoms with Crippen molar-refractivity contribution in [3.05, 3.63) is 33.3 Å². The molecule has 4 heteroatoms. The predicted molar refractivity (Wildman–Crippen MR) is 88.2 cm³/mol. The van der Waals surface area contributed by atoms with Crippen LogP contribution in [0.2, 0.25) is 5.02 Å². The van der Waals surface area contributed by atoms with Crippen molar-refractivity contribution in [2.45, 2.75) is 57.3 Å². The van der Waals surface area contributed by atoms with Crippen LogP contribution in [0.5, 0.6) is 0 Å². The largest absolute Gasteiger partial charge is 0.311 e. The Morgan fingerprint density at radius 3 is 2.60 bits per heavy atom. The fourth-order valence-corrected chi connectivity index (χ4v) is 4.50. The molecule has 0 spiro atoms. The molecule has 2 unspecified atom stereocenters. The average Bonchev–Trinajstić information content (AvgIpc) is 2.77. The molecule has 110 valence electrons. The fraction of sp³-hybridized carbons (Fsp3) is 0.625. The quantitative estimate of drug-likeness (QED) is 0.868. The maximum absolute atomic E-state index is 6.03. The van der Waals surface area contributed by atoms with Gasteiger partial charge in [0.15, 0.2) is 0 Å². The molecule has 2 aliphatic heterocycles. The summed E-state index contributed by atoms with van der Waals surface area (Å²) in [5.74, 6) is 0. The Labute approximate surface area is 135 Å². The van der Waals surface area contributed by atoms with Crippen molar-refractivity contribution < 1.29 is 0 Å². The summed E-state index contributed by atoms with van der Waals surface area (Å²) < 4.78 is 1.13. The molecule has 2 heterocycles. The highest BCUT2D eigenvalue weighted by molar-refractivity contribution is 9.10. The molecule has 1 aromatic rings. The molecule has 20 heavy (non-hydrogen) atoms. The topological polar surface area (TPSA) is 15.3 Å². The first kappa shape index (κ1) is 14.8. The molecule has 2 atom stereocenters. The highest BCUT2D eigenvalue weighted by Gasteiger charge is 2.35.